The molecule has 0 bridgehead atoms. The number of benzene rings is 1. The predicted molar refractivity (Wildman–Crippen MR) is 60.9 cm³/mol. The van der Waals surface area contributed by atoms with Crippen LogP contribution in [-0.2, 0) is 4.79 Å². The summed E-state index contributed by atoms with van der Waals surface area (Å²) in [6.45, 7) is 1.77. The molecule has 0 aliphatic heterocycles. The van der Waals surface area contributed by atoms with Gasteiger partial charge in [-0.15, -0.1) is 0 Å². The summed E-state index contributed by atoms with van der Waals surface area (Å²) in [5.41, 5.74) is 4.90. The number of nitrogens with two attached hydrogens (primary N) is 1. The number of carbonyl (C=O) groups excluding carboxylic acids is 1. The zero-order valence-corrected chi connectivity index (χ0v) is 9.31. The third-order valence-corrected chi connectivity index (χ3v) is 1.96. The summed E-state index contributed by atoms with van der Waals surface area (Å²) in [7, 11) is 0. The van der Waals surface area contributed by atoms with Gasteiger partial charge in [0.05, 0.1) is 11.3 Å². The molecule has 0 unspecified atom stereocenters. The molecule has 1 aromatic rings. The van der Waals surface area contributed by atoms with Crippen LogP contribution >= 0.6 is 0 Å². The lowest BCUT2D eigenvalue weighted by Gasteiger charge is -1.99. The van der Waals surface area contributed by atoms with E-state index in [-0.39, 0.29) is 17.2 Å². The molecule has 0 spiro atoms. The lowest BCUT2D eigenvalue weighted by atomic mass is 10.2. The van der Waals surface area contributed by atoms with E-state index in [1.54, 1.807) is 0 Å². The van der Waals surface area contributed by atoms with Gasteiger partial charge in [-0.05, 0) is 12.1 Å². The van der Waals surface area contributed by atoms with Crippen molar-refractivity contribution in [2.45, 2.75) is 13.3 Å². The van der Waals surface area contributed by atoms with Gasteiger partial charge in [-0.2, -0.15) is 0 Å². The van der Waals surface area contributed by atoms with Gasteiger partial charge in [-0.1, -0.05) is 11.8 Å². The van der Waals surface area contributed by atoms with Crippen molar-refractivity contribution >= 4 is 11.6 Å². The second kappa shape index (κ2) is 5.85. The Morgan fingerprint density at radius 3 is 2.76 bits per heavy atom. The lowest BCUT2D eigenvalue weighted by Crippen LogP contribution is -2.20. The maximum Gasteiger partial charge on any atom is 0.216 e. The van der Waals surface area contributed by atoms with Crippen LogP contribution in [-0.4, -0.2) is 12.5 Å². The molecule has 0 heterocycles. The Morgan fingerprint density at radius 1 is 1.41 bits per heavy atom. The van der Waals surface area contributed by atoms with Crippen LogP contribution in [0, 0.1) is 23.5 Å². The highest BCUT2D eigenvalue weighted by Crippen LogP contribution is 2.16. The molecule has 90 valence electrons. The lowest BCUT2D eigenvalue weighted by molar-refractivity contribution is -0.118. The van der Waals surface area contributed by atoms with E-state index >= 15 is 0 Å². The predicted octanol–water partition coefficient (Wildman–Crippen LogP) is 1.42. The third kappa shape index (κ3) is 3.76. The Morgan fingerprint density at radius 2 is 2.12 bits per heavy atom. The van der Waals surface area contributed by atoms with Crippen molar-refractivity contribution in [1.29, 1.82) is 0 Å². The van der Waals surface area contributed by atoms with Crippen LogP contribution in [0.3, 0.4) is 0 Å². The first-order valence-electron chi connectivity index (χ1n) is 4.99. The fraction of sp³-hybridized carbons (Fsp3) is 0.250. The van der Waals surface area contributed by atoms with Gasteiger partial charge in [0.25, 0.3) is 0 Å². The van der Waals surface area contributed by atoms with E-state index in [0.717, 1.165) is 0 Å². The Labute approximate surface area is 98.0 Å². The summed E-state index contributed by atoms with van der Waals surface area (Å²) in [5, 5.41) is 2.54. The minimum atomic E-state index is -1.08. The number of nitrogen functional groups attached to an aromatic ring is 1. The fourth-order valence-electron chi connectivity index (χ4n) is 1.12. The van der Waals surface area contributed by atoms with Gasteiger partial charge in [0.2, 0.25) is 5.91 Å². The third-order valence-electron chi connectivity index (χ3n) is 1.96. The number of anilines is 1. The van der Waals surface area contributed by atoms with Crippen molar-refractivity contribution in [2.75, 3.05) is 12.3 Å². The van der Waals surface area contributed by atoms with Gasteiger partial charge in [-0.3, -0.25) is 4.79 Å². The van der Waals surface area contributed by atoms with Gasteiger partial charge >= 0.3 is 0 Å². The first-order valence-corrected chi connectivity index (χ1v) is 4.99. The molecule has 3 N–H and O–H groups in total. The van der Waals surface area contributed by atoms with Crippen LogP contribution in [0.2, 0.25) is 0 Å². The molecule has 0 atom stereocenters. The molecular weight excluding hydrogens is 226 g/mol. The highest BCUT2D eigenvalue weighted by Gasteiger charge is 2.09. The normalized spacial score (nSPS) is 9.35. The molecule has 1 aromatic carbocycles. The minimum absolute atomic E-state index is 0.0421. The zero-order chi connectivity index (χ0) is 12.8. The molecule has 0 radical (unpaired) electrons. The molecule has 0 saturated heterocycles. The van der Waals surface area contributed by atoms with Crippen molar-refractivity contribution in [3.8, 4) is 11.8 Å². The number of nitrogens with one attached hydrogen (secondary N) is 1. The van der Waals surface area contributed by atoms with Gasteiger partial charge in [0.15, 0.2) is 11.6 Å². The van der Waals surface area contributed by atoms with Crippen LogP contribution in [0.15, 0.2) is 12.1 Å². The van der Waals surface area contributed by atoms with Crippen molar-refractivity contribution in [3.05, 3.63) is 29.3 Å². The SMILES string of the molecule is CC(=O)NCCC#Cc1ccc(N)c(F)c1F. The van der Waals surface area contributed by atoms with E-state index in [2.05, 4.69) is 17.2 Å². The maximum absolute atomic E-state index is 13.3. The summed E-state index contributed by atoms with van der Waals surface area (Å²) in [5.74, 6) is 2.83. The smallest absolute Gasteiger partial charge is 0.216 e. The molecule has 17 heavy (non-hydrogen) atoms. The zero-order valence-electron chi connectivity index (χ0n) is 9.31. The summed E-state index contributed by atoms with van der Waals surface area (Å²) >= 11 is 0. The molecule has 0 aromatic heterocycles. The van der Waals surface area contributed by atoms with Crippen LogP contribution in [0.25, 0.3) is 0 Å². The van der Waals surface area contributed by atoms with Gasteiger partial charge in [-0.25, -0.2) is 8.78 Å². The molecule has 0 aliphatic rings. The summed E-state index contributed by atoms with van der Waals surface area (Å²) in [6.07, 6.45) is 0.366. The van der Waals surface area contributed by atoms with E-state index in [1.165, 1.54) is 19.1 Å². The molecule has 0 saturated carbocycles. The number of amides is 1. The van der Waals surface area contributed by atoms with Gasteiger partial charge < -0.3 is 11.1 Å². The molecule has 0 fully saturated rings. The van der Waals surface area contributed by atoms with E-state index in [1.807, 2.05) is 0 Å². The Kier molecular flexibility index (Phi) is 4.46. The van der Waals surface area contributed by atoms with Crippen LogP contribution in [0.1, 0.15) is 18.9 Å². The fourth-order valence-corrected chi connectivity index (χ4v) is 1.12. The monoisotopic (exact) mass is 238 g/mol. The first-order chi connectivity index (χ1) is 8.02. The second-order valence-electron chi connectivity index (χ2n) is 3.37. The Hall–Kier alpha value is -2.09. The van der Waals surface area contributed by atoms with Crippen LogP contribution < -0.4 is 11.1 Å². The van der Waals surface area contributed by atoms with E-state index in [4.69, 9.17) is 5.73 Å². The standard InChI is InChI=1S/C12H12F2N2O/c1-8(17)16-7-3-2-4-9-5-6-10(15)12(14)11(9)13/h5-6H,3,7,15H2,1H3,(H,16,17). The molecule has 1 amide bonds. The first kappa shape index (κ1) is 13.0. The average Bonchev–Trinajstić information content (AvgIpc) is 2.28. The van der Waals surface area contributed by atoms with Crippen LogP contribution in [0.4, 0.5) is 14.5 Å². The Balaban J connectivity index is 2.66. The molecule has 0 aliphatic carbocycles. The second-order valence-corrected chi connectivity index (χ2v) is 3.37. The summed E-state index contributed by atoms with van der Waals surface area (Å²) in [6, 6.07) is 2.58. The summed E-state index contributed by atoms with van der Waals surface area (Å²) in [4.78, 5) is 10.5. The van der Waals surface area contributed by atoms with E-state index < -0.39 is 11.6 Å². The van der Waals surface area contributed by atoms with Crippen molar-refractivity contribution < 1.29 is 13.6 Å². The number of carbonyl (C=O) groups is 1. The molecule has 1 rings (SSSR count). The largest absolute Gasteiger partial charge is 0.396 e. The maximum atomic E-state index is 13.3. The quantitative estimate of drug-likeness (QED) is 0.465. The number of hydrogen-bond donors (Lipinski definition) is 2. The highest BCUT2D eigenvalue weighted by atomic mass is 19.2. The van der Waals surface area contributed by atoms with Gasteiger partial charge in [0, 0.05) is 19.9 Å². The van der Waals surface area contributed by atoms with Gasteiger partial charge in [0.1, 0.15) is 0 Å². The van der Waals surface area contributed by atoms with Crippen molar-refractivity contribution in [3.63, 3.8) is 0 Å². The van der Waals surface area contributed by atoms with Crippen molar-refractivity contribution in [2.24, 2.45) is 0 Å². The van der Waals surface area contributed by atoms with E-state index in [9.17, 15) is 13.6 Å². The number of halogens is 2. The minimum Gasteiger partial charge on any atom is -0.396 e. The van der Waals surface area contributed by atoms with Crippen molar-refractivity contribution in [1.82, 2.24) is 5.32 Å². The number of rotatable bonds is 2. The topological polar surface area (TPSA) is 55.1 Å². The van der Waals surface area contributed by atoms with E-state index in [0.29, 0.717) is 13.0 Å². The number of hydrogen-bond acceptors (Lipinski definition) is 2. The highest BCUT2D eigenvalue weighted by molar-refractivity contribution is 5.72. The molecule has 3 nitrogen and oxygen atoms in total. The molecule has 5 heteroatoms. The summed E-state index contributed by atoms with van der Waals surface area (Å²) < 4.78 is 26.3. The average molecular weight is 238 g/mol. The Bertz CT molecular complexity index is 489. The molecular formula is C12H12F2N2O. The van der Waals surface area contributed by atoms with Crippen LogP contribution in [0.5, 0.6) is 0 Å².